The summed E-state index contributed by atoms with van der Waals surface area (Å²) in [6, 6.07) is 6.35. The highest BCUT2D eigenvalue weighted by Gasteiger charge is 2.25. The number of carbonyl (C=O) groups is 1. The van der Waals surface area contributed by atoms with Gasteiger partial charge in [-0.3, -0.25) is 4.79 Å². The molecule has 0 bridgehead atoms. The fourth-order valence-electron chi connectivity index (χ4n) is 3.07. The third kappa shape index (κ3) is 4.75. The van der Waals surface area contributed by atoms with Crippen LogP contribution in [-0.4, -0.2) is 43.1 Å². The van der Waals surface area contributed by atoms with Crippen LogP contribution in [0, 0.1) is 13.8 Å². The number of sulfonamides is 1. The molecule has 1 aliphatic heterocycles. The maximum absolute atomic E-state index is 12.9. The fraction of sp³-hybridized carbons (Fsp3) is 0.474. The van der Waals surface area contributed by atoms with Gasteiger partial charge < -0.3 is 5.32 Å². The Morgan fingerprint density at radius 1 is 1.19 bits per heavy atom. The Labute approximate surface area is 164 Å². The first-order valence-electron chi connectivity index (χ1n) is 9.19. The number of Topliss-reactive ketones (excluding diaryl/α,β-unsaturated/α-hetero) is 1. The maximum atomic E-state index is 12.9. The summed E-state index contributed by atoms with van der Waals surface area (Å²) in [6.45, 7) is 5.09. The molecule has 0 unspecified atom stereocenters. The Hall–Kier alpha value is -1.77. The molecule has 0 atom stereocenters. The molecule has 1 aromatic carbocycles. The van der Waals surface area contributed by atoms with Crippen LogP contribution in [0.1, 0.15) is 46.6 Å². The third-order valence-electron chi connectivity index (χ3n) is 4.79. The van der Waals surface area contributed by atoms with Crippen LogP contribution in [0.4, 0.5) is 5.13 Å². The van der Waals surface area contributed by atoms with Crippen molar-refractivity contribution < 1.29 is 13.2 Å². The summed E-state index contributed by atoms with van der Waals surface area (Å²) >= 11 is 1.50. The van der Waals surface area contributed by atoms with E-state index in [1.54, 1.807) is 22.5 Å². The maximum Gasteiger partial charge on any atom is 0.243 e. The Bertz CT molecular complexity index is 895. The summed E-state index contributed by atoms with van der Waals surface area (Å²) in [5, 5.41) is 3.73. The largest absolute Gasteiger partial charge is 0.354 e. The Morgan fingerprint density at radius 3 is 2.52 bits per heavy atom. The van der Waals surface area contributed by atoms with Crippen LogP contribution in [0.5, 0.6) is 0 Å². The van der Waals surface area contributed by atoms with Crippen molar-refractivity contribution in [3.05, 3.63) is 40.4 Å². The summed E-state index contributed by atoms with van der Waals surface area (Å²) in [7, 11) is -3.56. The van der Waals surface area contributed by atoms with Crippen molar-refractivity contribution in [3.8, 4) is 0 Å². The molecule has 0 saturated carbocycles. The number of nitrogens with one attached hydrogen (secondary N) is 1. The molecule has 1 aliphatic rings. The normalized spacial score (nSPS) is 16.1. The van der Waals surface area contributed by atoms with Gasteiger partial charge in [0.05, 0.1) is 17.1 Å². The minimum absolute atomic E-state index is 0.0829. The standard InChI is InChI=1S/C19H25N3O3S2/c1-14-15(2)26-19(21-14)20-13-18(23)16-8-7-9-17(12-16)27(24,25)22-10-5-3-4-6-11-22/h7-9,12H,3-6,10-11,13H2,1-2H3,(H,20,21). The topological polar surface area (TPSA) is 79.4 Å². The summed E-state index contributed by atoms with van der Waals surface area (Å²) in [5.74, 6) is -0.159. The van der Waals surface area contributed by atoms with Gasteiger partial charge in [-0.1, -0.05) is 25.0 Å². The quantitative estimate of drug-likeness (QED) is 0.740. The zero-order chi connectivity index (χ0) is 19.4. The van der Waals surface area contributed by atoms with Crippen LogP contribution >= 0.6 is 11.3 Å². The van der Waals surface area contributed by atoms with Gasteiger partial charge in [0.15, 0.2) is 10.9 Å². The van der Waals surface area contributed by atoms with Crippen LogP contribution in [0.3, 0.4) is 0 Å². The molecule has 0 radical (unpaired) electrons. The predicted octanol–water partition coefficient (Wildman–Crippen LogP) is 3.62. The van der Waals surface area contributed by atoms with E-state index >= 15 is 0 Å². The SMILES string of the molecule is Cc1nc(NCC(=O)c2cccc(S(=O)(=O)N3CCCCCC3)c2)sc1C. The highest BCUT2D eigenvalue weighted by molar-refractivity contribution is 7.89. The molecule has 3 rings (SSSR count). The molecule has 1 fully saturated rings. The fourth-order valence-corrected chi connectivity index (χ4v) is 5.44. The predicted molar refractivity (Wildman–Crippen MR) is 108 cm³/mol. The first-order valence-corrected chi connectivity index (χ1v) is 11.4. The summed E-state index contributed by atoms with van der Waals surface area (Å²) in [4.78, 5) is 18.2. The molecule has 1 aromatic heterocycles. The molecule has 1 saturated heterocycles. The van der Waals surface area contributed by atoms with Crippen LogP contribution in [0.15, 0.2) is 29.2 Å². The molecule has 2 heterocycles. The molecule has 1 N–H and O–H groups in total. The summed E-state index contributed by atoms with van der Waals surface area (Å²) in [5.41, 5.74) is 1.34. The number of anilines is 1. The molecular formula is C19H25N3O3S2. The summed E-state index contributed by atoms with van der Waals surface area (Å²) in [6.07, 6.45) is 3.89. The number of benzene rings is 1. The van der Waals surface area contributed by atoms with Gasteiger partial charge >= 0.3 is 0 Å². The van der Waals surface area contributed by atoms with E-state index in [1.807, 2.05) is 13.8 Å². The van der Waals surface area contributed by atoms with Crippen molar-refractivity contribution in [2.24, 2.45) is 0 Å². The van der Waals surface area contributed by atoms with E-state index in [1.165, 1.54) is 17.4 Å². The van der Waals surface area contributed by atoms with Crippen LogP contribution in [0.2, 0.25) is 0 Å². The zero-order valence-electron chi connectivity index (χ0n) is 15.7. The minimum atomic E-state index is -3.56. The lowest BCUT2D eigenvalue weighted by Crippen LogP contribution is -2.32. The number of hydrogen-bond acceptors (Lipinski definition) is 6. The van der Waals surface area contributed by atoms with E-state index in [-0.39, 0.29) is 17.2 Å². The third-order valence-corrected chi connectivity index (χ3v) is 7.71. The number of rotatable bonds is 6. The van der Waals surface area contributed by atoms with Crippen molar-refractivity contribution in [1.82, 2.24) is 9.29 Å². The van der Waals surface area contributed by atoms with E-state index in [4.69, 9.17) is 0 Å². The minimum Gasteiger partial charge on any atom is -0.354 e. The first-order chi connectivity index (χ1) is 12.9. The molecule has 0 aliphatic carbocycles. The number of aryl methyl sites for hydroxylation is 2. The van der Waals surface area contributed by atoms with Gasteiger partial charge in [-0.05, 0) is 38.8 Å². The lowest BCUT2D eigenvalue weighted by atomic mass is 10.1. The van der Waals surface area contributed by atoms with Crippen molar-refractivity contribution in [1.29, 1.82) is 0 Å². The van der Waals surface area contributed by atoms with E-state index in [0.29, 0.717) is 23.8 Å². The molecule has 0 spiro atoms. The number of thiazole rings is 1. The van der Waals surface area contributed by atoms with Gasteiger partial charge in [0.25, 0.3) is 0 Å². The van der Waals surface area contributed by atoms with Gasteiger partial charge in [-0.15, -0.1) is 11.3 Å². The van der Waals surface area contributed by atoms with Crippen molar-refractivity contribution in [2.75, 3.05) is 25.0 Å². The van der Waals surface area contributed by atoms with Crippen LogP contribution in [0.25, 0.3) is 0 Å². The van der Waals surface area contributed by atoms with Crippen LogP contribution < -0.4 is 5.32 Å². The van der Waals surface area contributed by atoms with E-state index in [0.717, 1.165) is 36.3 Å². The molecule has 2 aromatic rings. The van der Waals surface area contributed by atoms with Crippen molar-refractivity contribution in [3.63, 3.8) is 0 Å². The number of ketones is 1. The highest BCUT2D eigenvalue weighted by Crippen LogP contribution is 2.23. The Kier molecular flexibility index (Phi) is 6.29. The average molecular weight is 408 g/mol. The van der Waals surface area contributed by atoms with E-state index in [2.05, 4.69) is 10.3 Å². The lowest BCUT2D eigenvalue weighted by Gasteiger charge is -2.20. The van der Waals surface area contributed by atoms with Gasteiger partial charge in [-0.2, -0.15) is 4.31 Å². The molecule has 27 heavy (non-hydrogen) atoms. The first kappa shape index (κ1) is 20.0. The van der Waals surface area contributed by atoms with E-state index in [9.17, 15) is 13.2 Å². The summed E-state index contributed by atoms with van der Waals surface area (Å²) < 4.78 is 27.4. The lowest BCUT2D eigenvalue weighted by molar-refractivity contribution is 0.101. The Balaban J connectivity index is 1.73. The zero-order valence-corrected chi connectivity index (χ0v) is 17.3. The smallest absolute Gasteiger partial charge is 0.243 e. The van der Waals surface area contributed by atoms with Gasteiger partial charge in [-0.25, -0.2) is 13.4 Å². The van der Waals surface area contributed by atoms with Crippen molar-refractivity contribution >= 4 is 32.3 Å². The van der Waals surface area contributed by atoms with Crippen molar-refractivity contribution in [2.45, 2.75) is 44.4 Å². The second-order valence-corrected chi connectivity index (χ2v) is 9.92. The second-order valence-electron chi connectivity index (χ2n) is 6.78. The Morgan fingerprint density at radius 2 is 1.89 bits per heavy atom. The van der Waals surface area contributed by atoms with Gasteiger partial charge in [0.1, 0.15) is 0 Å². The van der Waals surface area contributed by atoms with Gasteiger partial charge in [0, 0.05) is 23.5 Å². The number of hydrogen-bond donors (Lipinski definition) is 1. The molecular weight excluding hydrogens is 382 g/mol. The number of carbonyl (C=O) groups excluding carboxylic acids is 1. The monoisotopic (exact) mass is 407 g/mol. The second kappa shape index (κ2) is 8.50. The molecule has 8 heteroatoms. The molecule has 6 nitrogen and oxygen atoms in total. The average Bonchev–Trinajstić information content (AvgIpc) is 2.85. The molecule has 146 valence electrons. The van der Waals surface area contributed by atoms with Gasteiger partial charge in [0.2, 0.25) is 10.0 Å². The highest BCUT2D eigenvalue weighted by atomic mass is 32.2. The molecule has 0 amide bonds. The number of nitrogens with zero attached hydrogens (tertiary/aromatic N) is 2. The van der Waals surface area contributed by atoms with Crippen LogP contribution in [-0.2, 0) is 10.0 Å². The van der Waals surface area contributed by atoms with E-state index < -0.39 is 10.0 Å². The number of aromatic nitrogens is 1.